The first-order chi connectivity index (χ1) is 9.34. The van der Waals surface area contributed by atoms with Crippen LogP contribution >= 0.6 is 11.8 Å². The van der Waals surface area contributed by atoms with E-state index in [0.717, 1.165) is 18.0 Å². The van der Waals surface area contributed by atoms with Crippen molar-refractivity contribution in [2.45, 2.75) is 38.1 Å². The van der Waals surface area contributed by atoms with Crippen LogP contribution in [0.15, 0.2) is 29.4 Å². The van der Waals surface area contributed by atoms with Gasteiger partial charge >= 0.3 is 0 Å². The average Bonchev–Trinajstić information content (AvgIpc) is 2.82. The van der Waals surface area contributed by atoms with Crippen LogP contribution in [0.1, 0.15) is 32.1 Å². The molecule has 0 spiro atoms. The highest BCUT2D eigenvalue weighted by Crippen LogP contribution is 2.30. The highest BCUT2D eigenvalue weighted by Gasteiger charge is 2.34. The molecule has 2 fully saturated rings. The molecule has 1 aliphatic heterocycles. The molecule has 3 rings (SSSR count). The molecule has 2 heterocycles. The zero-order valence-electron chi connectivity index (χ0n) is 10.8. The van der Waals surface area contributed by atoms with Crippen molar-refractivity contribution in [3.63, 3.8) is 0 Å². The standard InChI is InChI=1S/C14H17N3OS/c18-13-10-19-14(16-12-8-4-5-9-15-12)17(13)11-6-2-1-3-7-11/h4-5,8-9,11H,1-3,6-7,10H2. The van der Waals surface area contributed by atoms with Gasteiger partial charge in [-0.05, 0) is 25.0 Å². The summed E-state index contributed by atoms with van der Waals surface area (Å²) in [4.78, 5) is 22.7. The first kappa shape index (κ1) is 12.7. The number of thioether (sulfide) groups is 1. The van der Waals surface area contributed by atoms with E-state index in [-0.39, 0.29) is 5.91 Å². The predicted molar refractivity (Wildman–Crippen MR) is 77.5 cm³/mol. The minimum atomic E-state index is 0.201. The Morgan fingerprint density at radius 3 is 2.84 bits per heavy atom. The SMILES string of the molecule is O=C1CSC(=Nc2ccccn2)N1C1CCCCC1. The van der Waals surface area contributed by atoms with Crippen LogP contribution in [0, 0.1) is 0 Å². The highest BCUT2D eigenvalue weighted by atomic mass is 32.2. The summed E-state index contributed by atoms with van der Waals surface area (Å²) in [7, 11) is 0. The quantitative estimate of drug-likeness (QED) is 0.833. The molecule has 2 aliphatic rings. The van der Waals surface area contributed by atoms with Crippen LogP contribution < -0.4 is 0 Å². The van der Waals surface area contributed by atoms with Crippen LogP contribution in [0.3, 0.4) is 0 Å². The Kier molecular flexibility index (Phi) is 3.82. The summed E-state index contributed by atoms with van der Waals surface area (Å²) in [6, 6.07) is 6.00. The molecule has 0 atom stereocenters. The van der Waals surface area contributed by atoms with Crippen molar-refractivity contribution in [2.24, 2.45) is 4.99 Å². The number of amides is 1. The predicted octanol–water partition coefficient (Wildman–Crippen LogP) is 2.98. The number of amidine groups is 1. The van der Waals surface area contributed by atoms with Gasteiger partial charge in [0.2, 0.25) is 5.91 Å². The summed E-state index contributed by atoms with van der Waals surface area (Å²) in [5.41, 5.74) is 0. The molecule has 1 saturated heterocycles. The van der Waals surface area contributed by atoms with Crippen LogP contribution in [0.25, 0.3) is 0 Å². The molecule has 0 bridgehead atoms. The number of pyridine rings is 1. The van der Waals surface area contributed by atoms with Gasteiger partial charge in [-0.3, -0.25) is 9.69 Å². The van der Waals surface area contributed by atoms with Crippen molar-refractivity contribution >= 4 is 28.7 Å². The van der Waals surface area contributed by atoms with Gasteiger partial charge in [0.25, 0.3) is 0 Å². The van der Waals surface area contributed by atoms with Crippen molar-refractivity contribution in [3.8, 4) is 0 Å². The molecular weight excluding hydrogens is 258 g/mol. The van der Waals surface area contributed by atoms with Crippen molar-refractivity contribution in [1.82, 2.24) is 9.88 Å². The smallest absolute Gasteiger partial charge is 0.239 e. The lowest BCUT2D eigenvalue weighted by molar-refractivity contribution is -0.126. The molecule has 1 amide bonds. The summed E-state index contributed by atoms with van der Waals surface area (Å²) >= 11 is 1.53. The fourth-order valence-corrected chi connectivity index (χ4v) is 3.61. The minimum absolute atomic E-state index is 0.201. The van der Waals surface area contributed by atoms with Crippen molar-refractivity contribution in [1.29, 1.82) is 0 Å². The number of hydrogen-bond acceptors (Lipinski definition) is 4. The van der Waals surface area contributed by atoms with Crippen LogP contribution in [-0.2, 0) is 4.79 Å². The largest absolute Gasteiger partial charge is 0.287 e. The van der Waals surface area contributed by atoms with Gasteiger partial charge in [-0.2, -0.15) is 0 Å². The number of hydrogen-bond donors (Lipinski definition) is 0. The molecule has 1 aliphatic carbocycles. The molecule has 5 heteroatoms. The molecular formula is C14H17N3OS. The Morgan fingerprint density at radius 2 is 2.11 bits per heavy atom. The minimum Gasteiger partial charge on any atom is -0.287 e. The molecule has 0 N–H and O–H groups in total. The van der Waals surface area contributed by atoms with Crippen LogP contribution in [-0.4, -0.2) is 32.8 Å². The van der Waals surface area contributed by atoms with E-state index in [9.17, 15) is 4.79 Å². The highest BCUT2D eigenvalue weighted by molar-refractivity contribution is 8.15. The number of nitrogens with zero attached hydrogens (tertiary/aromatic N) is 3. The van der Waals surface area contributed by atoms with E-state index in [1.54, 1.807) is 6.20 Å². The fraction of sp³-hybridized carbons (Fsp3) is 0.500. The van der Waals surface area contributed by atoms with Gasteiger partial charge in [0.05, 0.1) is 5.75 Å². The van der Waals surface area contributed by atoms with E-state index in [0.29, 0.717) is 17.6 Å². The molecule has 0 radical (unpaired) electrons. The van der Waals surface area contributed by atoms with Crippen LogP contribution in [0.4, 0.5) is 5.82 Å². The molecule has 0 unspecified atom stereocenters. The third-order valence-electron chi connectivity index (χ3n) is 3.60. The lowest BCUT2D eigenvalue weighted by Crippen LogP contribution is -2.40. The second-order valence-corrected chi connectivity index (χ2v) is 5.87. The summed E-state index contributed by atoms with van der Waals surface area (Å²) < 4.78 is 0. The topological polar surface area (TPSA) is 45.6 Å². The van der Waals surface area contributed by atoms with E-state index >= 15 is 0 Å². The lowest BCUT2D eigenvalue weighted by atomic mass is 9.94. The lowest BCUT2D eigenvalue weighted by Gasteiger charge is -2.30. The Morgan fingerprint density at radius 1 is 1.26 bits per heavy atom. The van der Waals surface area contributed by atoms with Gasteiger partial charge in [0.1, 0.15) is 0 Å². The molecule has 100 valence electrons. The van der Waals surface area contributed by atoms with Gasteiger partial charge in [-0.1, -0.05) is 37.1 Å². The number of rotatable bonds is 2. The Bertz CT molecular complexity index is 483. The maximum Gasteiger partial charge on any atom is 0.239 e. The maximum atomic E-state index is 12.1. The molecule has 1 aromatic rings. The second-order valence-electron chi connectivity index (χ2n) is 4.93. The zero-order valence-corrected chi connectivity index (χ0v) is 11.6. The molecule has 19 heavy (non-hydrogen) atoms. The van der Waals surface area contributed by atoms with Gasteiger partial charge in [-0.25, -0.2) is 9.98 Å². The van der Waals surface area contributed by atoms with Crippen LogP contribution in [0.5, 0.6) is 0 Å². The third kappa shape index (κ3) is 2.81. The first-order valence-corrected chi connectivity index (χ1v) is 7.78. The van der Waals surface area contributed by atoms with Gasteiger partial charge in [-0.15, -0.1) is 0 Å². The van der Waals surface area contributed by atoms with Gasteiger partial charge in [0, 0.05) is 12.2 Å². The number of aliphatic imine (C=N–C) groups is 1. The maximum absolute atomic E-state index is 12.1. The van der Waals surface area contributed by atoms with Crippen molar-refractivity contribution < 1.29 is 4.79 Å². The molecule has 4 nitrogen and oxygen atoms in total. The second kappa shape index (κ2) is 5.74. The summed E-state index contributed by atoms with van der Waals surface area (Å²) in [6.07, 6.45) is 7.66. The Labute approximate surface area is 117 Å². The van der Waals surface area contributed by atoms with Crippen LogP contribution in [0.2, 0.25) is 0 Å². The summed E-state index contributed by atoms with van der Waals surface area (Å²) in [5.74, 6) is 1.40. The van der Waals surface area contributed by atoms with E-state index in [4.69, 9.17) is 0 Å². The average molecular weight is 275 g/mol. The molecule has 0 aromatic carbocycles. The Hall–Kier alpha value is -1.36. The summed E-state index contributed by atoms with van der Waals surface area (Å²) in [6.45, 7) is 0. The van der Waals surface area contributed by atoms with E-state index in [1.165, 1.54) is 31.0 Å². The Balaban J connectivity index is 1.83. The molecule has 1 saturated carbocycles. The fourth-order valence-electron chi connectivity index (χ4n) is 2.68. The number of carbonyl (C=O) groups excluding carboxylic acids is 1. The zero-order chi connectivity index (χ0) is 13.1. The van der Waals surface area contributed by atoms with Gasteiger partial charge < -0.3 is 0 Å². The molecule has 1 aromatic heterocycles. The monoisotopic (exact) mass is 275 g/mol. The normalized spacial score (nSPS) is 23.3. The first-order valence-electron chi connectivity index (χ1n) is 6.79. The van der Waals surface area contributed by atoms with E-state index < -0.39 is 0 Å². The van der Waals surface area contributed by atoms with Gasteiger partial charge in [0.15, 0.2) is 11.0 Å². The van der Waals surface area contributed by atoms with Crippen molar-refractivity contribution in [3.05, 3.63) is 24.4 Å². The van der Waals surface area contributed by atoms with Crippen molar-refractivity contribution in [2.75, 3.05) is 5.75 Å². The third-order valence-corrected chi connectivity index (χ3v) is 4.54. The van der Waals surface area contributed by atoms with E-state index in [1.807, 2.05) is 23.1 Å². The summed E-state index contributed by atoms with van der Waals surface area (Å²) in [5, 5.41) is 0.829. The number of aromatic nitrogens is 1. The number of carbonyl (C=O) groups is 1. The van der Waals surface area contributed by atoms with E-state index in [2.05, 4.69) is 9.98 Å².